The summed E-state index contributed by atoms with van der Waals surface area (Å²) in [5, 5.41) is 0. The second kappa shape index (κ2) is 4.13. The van der Waals surface area contributed by atoms with Gasteiger partial charge in [0.05, 0.1) is 4.34 Å². The maximum atomic E-state index is 6.57. The van der Waals surface area contributed by atoms with E-state index in [1.54, 1.807) is 11.3 Å². The van der Waals surface area contributed by atoms with Crippen LogP contribution in [0.25, 0.3) is 0 Å². The van der Waals surface area contributed by atoms with Gasteiger partial charge in [0.2, 0.25) is 0 Å². The van der Waals surface area contributed by atoms with Gasteiger partial charge in [0, 0.05) is 10.4 Å². The highest BCUT2D eigenvalue weighted by Gasteiger charge is 2.33. The summed E-state index contributed by atoms with van der Waals surface area (Å²) in [7, 11) is 0. The van der Waals surface area contributed by atoms with Crippen molar-refractivity contribution in [1.82, 2.24) is 0 Å². The van der Waals surface area contributed by atoms with Crippen LogP contribution < -0.4 is 5.73 Å². The summed E-state index contributed by atoms with van der Waals surface area (Å²) in [6.45, 7) is 0. The predicted molar refractivity (Wildman–Crippen MR) is 73.7 cm³/mol. The molecular formula is C14H14ClNS. The predicted octanol–water partition coefficient (Wildman–Crippen LogP) is 3.74. The van der Waals surface area contributed by atoms with Gasteiger partial charge >= 0.3 is 0 Å². The molecule has 3 rings (SSSR count). The molecule has 0 fully saturated rings. The summed E-state index contributed by atoms with van der Waals surface area (Å²) in [6.07, 6.45) is 2.94. The van der Waals surface area contributed by atoms with Gasteiger partial charge in [-0.3, -0.25) is 0 Å². The molecule has 1 nitrogen and oxygen atoms in total. The zero-order valence-corrected chi connectivity index (χ0v) is 11.0. The summed E-state index contributed by atoms with van der Waals surface area (Å²) in [4.78, 5) is 1.41. The first-order valence-electron chi connectivity index (χ1n) is 5.79. The lowest BCUT2D eigenvalue weighted by molar-refractivity contribution is 0.388. The lowest BCUT2D eigenvalue weighted by Crippen LogP contribution is -2.41. The van der Waals surface area contributed by atoms with Crippen molar-refractivity contribution in [2.45, 2.75) is 24.8 Å². The third-order valence-electron chi connectivity index (χ3n) is 3.52. The molecule has 3 heteroatoms. The van der Waals surface area contributed by atoms with E-state index in [4.69, 9.17) is 17.3 Å². The summed E-state index contributed by atoms with van der Waals surface area (Å²) in [5.41, 5.74) is 8.90. The fourth-order valence-electron chi connectivity index (χ4n) is 2.57. The van der Waals surface area contributed by atoms with Gasteiger partial charge in [0.25, 0.3) is 0 Å². The van der Waals surface area contributed by atoms with E-state index in [0.29, 0.717) is 0 Å². The minimum atomic E-state index is -0.224. The number of hydrogen-bond donors (Lipinski definition) is 1. The minimum absolute atomic E-state index is 0.224. The lowest BCUT2D eigenvalue weighted by Gasteiger charge is -2.34. The molecule has 1 aromatic heterocycles. The molecule has 0 bridgehead atoms. The van der Waals surface area contributed by atoms with E-state index in [9.17, 15) is 0 Å². The molecule has 1 unspecified atom stereocenters. The first kappa shape index (κ1) is 11.3. The van der Waals surface area contributed by atoms with Gasteiger partial charge in [0.1, 0.15) is 0 Å². The van der Waals surface area contributed by atoms with Crippen molar-refractivity contribution in [3.8, 4) is 0 Å². The molecule has 2 N–H and O–H groups in total. The van der Waals surface area contributed by atoms with E-state index >= 15 is 0 Å². The quantitative estimate of drug-likeness (QED) is 0.833. The zero-order chi connectivity index (χ0) is 11.9. The molecule has 1 aliphatic carbocycles. The van der Waals surface area contributed by atoms with Crippen LogP contribution in [0, 0.1) is 0 Å². The summed E-state index contributed by atoms with van der Waals surface area (Å²) in [5.74, 6) is 0. The zero-order valence-electron chi connectivity index (χ0n) is 9.45. The van der Waals surface area contributed by atoms with Crippen LogP contribution in [0.5, 0.6) is 0 Å². The Morgan fingerprint density at radius 1 is 1.24 bits per heavy atom. The van der Waals surface area contributed by atoms with Gasteiger partial charge in [-0.05, 0) is 36.5 Å². The molecule has 0 radical (unpaired) electrons. The van der Waals surface area contributed by atoms with Crippen molar-refractivity contribution in [1.29, 1.82) is 0 Å². The topological polar surface area (TPSA) is 26.0 Å². The van der Waals surface area contributed by atoms with Crippen LogP contribution >= 0.6 is 22.9 Å². The van der Waals surface area contributed by atoms with E-state index in [0.717, 1.165) is 23.6 Å². The number of nitrogens with two attached hydrogens (primary N) is 1. The Hall–Kier alpha value is -0.830. The van der Waals surface area contributed by atoms with Crippen molar-refractivity contribution in [2.24, 2.45) is 5.73 Å². The van der Waals surface area contributed by atoms with Gasteiger partial charge in [0.15, 0.2) is 0 Å². The van der Waals surface area contributed by atoms with Gasteiger partial charge in [-0.1, -0.05) is 41.9 Å². The van der Waals surface area contributed by atoms with Crippen molar-refractivity contribution in [3.05, 3.63) is 56.7 Å². The highest BCUT2D eigenvalue weighted by molar-refractivity contribution is 7.16. The van der Waals surface area contributed by atoms with Crippen LogP contribution in [0.1, 0.15) is 22.4 Å². The number of aryl methyl sites for hydroxylation is 1. The van der Waals surface area contributed by atoms with Crippen molar-refractivity contribution < 1.29 is 0 Å². The van der Waals surface area contributed by atoms with E-state index < -0.39 is 0 Å². The molecule has 2 aromatic rings. The normalized spacial score (nSPS) is 23.4. The van der Waals surface area contributed by atoms with Gasteiger partial charge in [-0.2, -0.15) is 0 Å². The van der Waals surface area contributed by atoms with Crippen LogP contribution in [0.15, 0.2) is 36.4 Å². The smallest absolute Gasteiger partial charge is 0.0934 e. The monoisotopic (exact) mass is 263 g/mol. The van der Waals surface area contributed by atoms with E-state index in [2.05, 4.69) is 30.3 Å². The molecule has 0 spiro atoms. The van der Waals surface area contributed by atoms with Gasteiger partial charge < -0.3 is 5.73 Å². The molecule has 1 aliphatic rings. The maximum absolute atomic E-state index is 6.57. The Morgan fingerprint density at radius 2 is 2.00 bits per heavy atom. The second-order valence-electron chi connectivity index (χ2n) is 4.70. The largest absolute Gasteiger partial charge is 0.321 e. The van der Waals surface area contributed by atoms with Crippen molar-refractivity contribution in [3.63, 3.8) is 0 Å². The average Bonchev–Trinajstić information content (AvgIpc) is 2.69. The Labute approximate surface area is 110 Å². The number of hydrogen-bond acceptors (Lipinski definition) is 2. The standard InChI is InChI=1S/C14H14ClNS/c15-13-8-10-9-14(16,7-6-12(10)17-13)11-4-2-1-3-5-11/h1-5,8H,6-7,9,16H2. The Balaban J connectivity index is 1.97. The van der Waals surface area contributed by atoms with Crippen LogP contribution in [-0.2, 0) is 18.4 Å². The molecule has 0 saturated carbocycles. The Morgan fingerprint density at radius 3 is 2.76 bits per heavy atom. The Bertz CT molecular complexity index is 534. The van der Waals surface area contributed by atoms with E-state index in [1.807, 2.05) is 6.07 Å². The first-order valence-corrected chi connectivity index (χ1v) is 6.98. The summed E-state index contributed by atoms with van der Waals surface area (Å²) >= 11 is 7.76. The SMILES string of the molecule is NC1(c2ccccc2)CCc2sc(Cl)cc2C1. The molecule has 1 heterocycles. The number of fused-ring (bicyclic) bond motifs is 1. The van der Waals surface area contributed by atoms with Gasteiger partial charge in [-0.25, -0.2) is 0 Å². The van der Waals surface area contributed by atoms with E-state index in [-0.39, 0.29) is 5.54 Å². The number of rotatable bonds is 1. The molecule has 1 atom stereocenters. The summed E-state index contributed by atoms with van der Waals surface area (Å²) in [6, 6.07) is 12.5. The molecule has 0 saturated heterocycles. The highest BCUT2D eigenvalue weighted by atomic mass is 35.5. The third kappa shape index (κ3) is 2.01. The highest BCUT2D eigenvalue weighted by Crippen LogP contribution is 2.39. The van der Waals surface area contributed by atoms with Crippen LogP contribution in [0.2, 0.25) is 4.34 Å². The molecule has 1 aromatic carbocycles. The van der Waals surface area contributed by atoms with E-state index in [1.165, 1.54) is 16.0 Å². The van der Waals surface area contributed by atoms with Crippen molar-refractivity contribution in [2.75, 3.05) is 0 Å². The third-order valence-corrected chi connectivity index (χ3v) is 4.89. The number of benzene rings is 1. The molecule has 88 valence electrons. The molecule has 17 heavy (non-hydrogen) atoms. The van der Waals surface area contributed by atoms with Crippen LogP contribution in [-0.4, -0.2) is 0 Å². The van der Waals surface area contributed by atoms with Crippen LogP contribution in [0.3, 0.4) is 0 Å². The number of halogens is 1. The number of thiophene rings is 1. The fourth-order valence-corrected chi connectivity index (χ4v) is 3.89. The summed E-state index contributed by atoms with van der Waals surface area (Å²) < 4.78 is 0.882. The minimum Gasteiger partial charge on any atom is -0.321 e. The molecule has 0 amide bonds. The fraction of sp³-hybridized carbons (Fsp3) is 0.286. The second-order valence-corrected chi connectivity index (χ2v) is 6.47. The van der Waals surface area contributed by atoms with Gasteiger partial charge in [-0.15, -0.1) is 11.3 Å². The molecule has 0 aliphatic heterocycles. The maximum Gasteiger partial charge on any atom is 0.0934 e. The first-order chi connectivity index (χ1) is 8.17. The average molecular weight is 264 g/mol. The van der Waals surface area contributed by atoms with Crippen molar-refractivity contribution >= 4 is 22.9 Å². The van der Waals surface area contributed by atoms with Crippen LogP contribution in [0.4, 0.5) is 0 Å². The molecular weight excluding hydrogens is 250 g/mol. The lowest BCUT2D eigenvalue weighted by atomic mass is 9.77. The Kier molecular flexibility index (Phi) is 2.74.